The fourth-order valence-corrected chi connectivity index (χ4v) is 8.32. The number of carbonyl (C=O) groups is 2. The van der Waals surface area contributed by atoms with E-state index in [2.05, 4.69) is 5.32 Å². The van der Waals surface area contributed by atoms with Crippen molar-refractivity contribution in [2.45, 2.75) is 50.2 Å². The van der Waals surface area contributed by atoms with Crippen molar-refractivity contribution in [3.8, 4) is 5.69 Å². The summed E-state index contributed by atoms with van der Waals surface area (Å²) in [6.07, 6.45) is 4.76. The average molecular weight is 597 g/mol. The number of carbonyl (C=O) groups excluding carboxylic acids is 2. The summed E-state index contributed by atoms with van der Waals surface area (Å²) >= 11 is 6.33. The summed E-state index contributed by atoms with van der Waals surface area (Å²) in [4.78, 5) is 40.4. The van der Waals surface area contributed by atoms with Crippen molar-refractivity contribution in [2.75, 3.05) is 7.11 Å². The third-order valence-corrected chi connectivity index (χ3v) is 9.99. The predicted octanol–water partition coefficient (Wildman–Crippen LogP) is 5.69. The highest BCUT2D eigenvalue weighted by atomic mass is 35.5. The number of amides is 1. The van der Waals surface area contributed by atoms with Crippen molar-refractivity contribution in [3.63, 3.8) is 0 Å². The SMILES string of the molecule is COC(=O)c1c(Cc2ccc(C(=O)NC3[C@@H]4CC5C[C@H]3CC(O)(C5)C4)cc2)c(=O)c2ccc(Cl)cc2n1-c1ccccc1. The molecule has 220 valence electrons. The van der Waals surface area contributed by atoms with Crippen LogP contribution in [0.4, 0.5) is 0 Å². The number of ether oxygens (including phenoxy) is 1. The van der Waals surface area contributed by atoms with Crippen LogP contribution in [0.15, 0.2) is 77.6 Å². The molecule has 3 aromatic carbocycles. The molecule has 1 heterocycles. The fourth-order valence-electron chi connectivity index (χ4n) is 8.16. The van der Waals surface area contributed by atoms with Crippen LogP contribution < -0.4 is 10.7 Å². The zero-order valence-corrected chi connectivity index (χ0v) is 24.6. The molecular weight excluding hydrogens is 564 g/mol. The van der Waals surface area contributed by atoms with E-state index in [1.807, 2.05) is 42.5 Å². The molecule has 0 radical (unpaired) electrons. The standard InChI is InChI=1S/C35H33ClN2O5/c1-43-34(41)31-28(32(39)27-12-11-25(36)16-29(27)38(31)26-5-3-2-4-6-26)15-20-7-9-22(10-8-20)33(40)37-30-23-13-21-14-24(30)19-35(42,17-21)18-23/h2-12,16,21,23-24,30,42H,13-15,17-19H2,1H3,(H,37,40)/t21?,23-,24+,30?,35?. The quantitative estimate of drug-likeness (QED) is 0.279. The van der Waals surface area contributed by atoms with Crippen LogP contribution in [0, 0.1) is 17.8 Å². The third-order valence-electron chi connectivity index (χ3n) is 9.76. The van der Waals surface area contributed by atoms with Crippen LogP contribution in [0.1, 0.15) is 64.1 Å². The minimum Gasteiger partial charge on any atom is -0.464 e. The Labute approximate surface area is 254 Å². The molecule has 4 aromatic rings. The molecule has 2 N–H and O–H groups in total. The van der Waals surface area contributed by atoms with Gasteiger partial charge in [-0.1, -0.05) is 41.9 Å². The molecule has 0 aliphatic heterocycles. The molecule has 3 unspecified atom stereocenters. The molecule has 4 fully saturated rings. The summed E-state index contributed by atoms with van der Waals surface area (Å²) in [5, 5.41) is 15.1. The number of hydrogen-bond donors (Lipinski definition) is 2. The van der Waals surface area contributed by atoms with E-state index in [0.717, 1.165) is 37.7 Å². The van der Waals surface area contributed by atoms with Crippen LogP contribution in [0.5, 0.6) is 0 Å². The second kappa shape index (κ2) is 10.6. The zero-order valence-electron chi connectivity index (χ0n) is 23.9. The molecule has 7 nitrogen and oxygen atoms in total. The maximum absolute atomic E-state index is 13.9. The topological polar surface area (TPSA) is 97.6 Å². The summed E-state index contributed by atoms with van der Waals surface area (Å²) < 4.78 is 6.91. The Hall–Kier alpha value is -3.94. The molecule has 4 bridgehead atoms. The van der Waals surface area contributed by atoms with Crippen molar-refractivity contribution in [1.29, 1.82) is 0 Å². The molecule has 8 rings (SSSR count). The van der Waals surface area contributed by atoms with Gasteiger partial charge in [-0.3, -0.25) is 9.59 Å². The first-order chi connectivity index (χ1) is 20.7. The van der Waals surface area contributed by atoms with Crippen LogP contribution in [0.2, 0.25) is 5.02 Å². The molecule has 8 heteroatoms. The summed E-state index contributed by atoms with van der Waals surface area (Å²) in [6.45, 7) is 0. The summed E-state index contributed by atoms with van der Waals surface area (Å²) in [6, 6.07) is 21.6. The van der Waals surface area contributed by atoms with Crippen molar-refractivity contribution < 1.29 is 19.4 Å². The van der Waals surface area contributed by atoms with Gasteiger partial charge in [-0.25, -0.2) is 4.79 Å². The first-order valence-electron chi connectivity index (χ1n) is 14.9. The number of nitrogens with one attached hydrogen (secondary N) is 1. The van der Waals surface area contributed by atoms with E-state index in [-0.39, 0.29) is 29.5 Å². The highest BCUT2D eigenvalue weighted by molar-refractivity contribution is 6.31. The van der Waals surface area contributed by atoms with Gasteiger partial charge in [0.1, 0.15) is 5.69 Å². The van der Waals surface area contributed by atoms with Gasteiger partial charge in [-0.2, -0.15) is 0 Å². The van der Waals surface area contributed by atoms with Crippen molar-refractivity contribution in [3.05, 3.63) is 110 Å². The molecular formula is C35H33ClN2O5. The van der Waals surface area contributed by atoms with E-state index in [1.54, 1.807) is 34.9 Å². The monoisotopic (exact) mass is 596 g/mol. The van der Waals surface area contributed by atoms with Crippen LogP contribution in [0.3, 0.4) is 0 Å². The Kier molecular flexibility index (Phi) is 6.90. The highest BCUT2D eigenvalue weighted by Crippen LogP contribution is 2.55. The number of halogens is 1. The molecule has 4 saturated carbocycles. The van der Waals surface area contributed by atoms with Gasteiger partial charge in [0.2, 0.25) is 0 Å². The third kappa shape index (κ3) is 4.94. The normalized spacial score (nSPS) is 25.6. The van der Waals surface area contributed by atoms with E-state index in [0.29, 0.717) is 50.5 Å². The van der Waals surface area contributed by atoms with Crippen LogP contribution >= 0.6 is 11.6 Å². The number of fused-ring (bicyclic) bond motifs is 1. The zero-order chi connectivity index (χ0) is 29.9. The van der Waals surface area contributed by atoms with Gasteiger partial charge in [0.15, 0.2) is 5.43 Å². The molecule has 4 aliphatic rings. The van der Waals surface area contributed by atoms with Crippen LogP contribution in [0.25, 0.3) is 16.6 Å². The number of aliphatic hydroxyl groups is 1. The van der Waals surface area contributed by atoms with Gasteiger partial charge in [0, 0.05) is 39.7 Å². The molecule has 5 atom stereocenters. The van der Waals surface area contributed by atoms with E-state index in [4.69, 9.17) is 16.3 Å². The van der Waals surface area contributed by atoms with Gasteiger partial charge in [-0.05, 0) is 97.9 Å². The molecule has 43 heavy (non-hydrogen) atoms. The first-order valence-corrected chi connectivity index (χ1v) is 15.2. The van der Waals surface area contributed by atoms with E-state index < -0.39 is 11.6 Å². The number of esters is 1. The van der Waals surface area contributed by atoms with Gasteiger partial charge in [-0.15, -0.1) is 0 Å². The Morgan fingerprint density at radius 2 is 1.70 bits per heavy atom. The largest absolute Gasteiger partial charge is 0.464 e. The number of hydrogen-bond acceptors (Lipinski definition) is 5. The van der Waals surface area contributed by atoms with Crippen molar-refractivity contribution in [1.82, 2.24) is 9.88 Å². The summed E-state index contributed by atoms with van der Waals surface area (Å²) in [7, 11) is 1.30. The van der Waals surface area contributed by atoms with Crippen LogP contribution in [-0.2, 0) is 11.2 Å². The second-order valence-electron chi connectivity index (χ2n) is 12.5. The minimum absolute atomic E-state index is 0.0918. The Morgan fingerprint density at radius 3 is 2.35 bits per heavy atom. The van der Waals surface area contributed by atoms with Crippen molar-refractivity contribution >= 4 is 34.4 Å². The van der Waals surface area contributed by atoms with E-state index in [1.165, 1.54) is 7.11 Å². The average Bonchev–Trinajstić information content (AvgIpc) is 2.99. The minimum atomic E-state index is -0.630. The maximum atomic E-state index is 13.9. The Morgan fingerprint density at radius 1 is 1.00 bits per heavy atom. The number of rotatable bonds is 6. The van der Waals surface area contributed by atoms with Gasteiger partial charge < -0.3 is 19.7 Å². The molecule has 1 amide bonds. The number of methoxy groups -OCH3 is 1. The smallest absolute Gasteiger partial charge is 0.355 e. The Bertz CT molecular complexity index is 1780. The number of pyridine rings is 1. The van der Waals surface area contributed by atoms with Gasteiger partial charge in [0.25, 0.3) is 5.91 Å². The molecule has 0 saturated heterocycles. The number of para-hydroxylation sites is 1. The van der Waals surface area contributed by atoms with Gasteiger partial charge in [0.05, 0.1) is 18.2 Å². The first kappa shape index (κ1) is 27.9. The predicted molar refractivity (Wildman–Crippen MR) is 165 cm³/mol. The summed E-state index contributed by atoms with van der Waals surface area (Å²) in [5.74, 6) is 0.467. The lowest BCUT2D eigenvalue weighted by Crippen LogP contribution is -2.61. The number of benzene rings is 3. The number of nitrogens with zero attached hydrogens (tertiary/aromatic N) is 1. The van der Waals surface area contributed by atoms with Crippen molar-refractivity contribution in [2.24, 2.45) is 17.8 Å². The fraction of sp³-hybridized carbons (Fsp3) is 0.343. The highest BCUT2D eigenvalue weighted by Gasteiger charge is 2.55. The summed E-state index contributed by atoms with van der Waals surface area (Å²) in [5.41, 5.74) is 2.15. The second-order valence-corrected chi connectivity index (χ2v) is 13.0. The lowest BCUT2D eigenvalue weighted by Gasteiger charge is -2.58. The molecule has 1 aromatic heterocycles. The lowest BCUT2D eigenvalue weighted by molar-refractivity contribution is -0.136. The number of aromatic nitrogens is 1. The van der Waals surface area contributed by atoms with E-state index in [9.17, 15) is 19.5 Å². The van der Waals surface area contributed by atoms with E-state index >= 15 is 0 Å². The van der Waals surface area contributed by atoms with Crippen LogP contribution in [-0.4, -0.2) is 40.3 Å². The Balaban J connectivity index is 1.21. The molecule has 0 spiro atoms. The molecule has 4 aliphatic carbocycles. The van der Waals surface area contributed by atoms with Gasteiger partial charge >= 0.3 is 5.97 Å². The maximum Gasteiger partial charge on any atom is 0.355 e. The lowest BCUT2D eigenvalue weighted by atomic mass is 9.52.